The van der Waals surface area contributed by atoms with Gasteiger partial charge in [-0.15, -0.1) is 0 Å². The fourth-order valence-corrected chi connectivity index (χ4v) is 3.06. The van der Waals surface area contributed by atoms with Gasteiger partial charge in [-0.2, -0.15) is 0 Å². The second kappa shape index (κ2) is 5.34. The van der Waals surface area contributed by atoms with E-state index < -0.39 is 0 Å². The quantitative estimate of drug-likeness (QED) is 0.720. The molecule has 1 heterocycles. The minimum absolute atomic E-state index is 0.0976. The molecule has 0 unspecified atom stereocenters. The summed E-state index contributed by atoms with van der Waals surface area (Å²) in [7, 11) is 0. The zero-order chi connectivity index (χ0) is 15.9. The second-order valence-electron chi connectivity index (χ2n) is 5.56. The third kappa shape index (κ3) is 2.10. The number of para-hydroxylation sites is 1. The van der Waals surface area contributed by atoms with Crippen LogP contribution in [0.15, 0.2) is 42.5 Å². The van der Waals surface area contributed by atoms with E-state index in [0.29, 0.717) is 12.0 Å². The predicted molar refractivity (Wildman–Crippen MR) is 89.0 cm³/mol. The number of aromatic hydroxyl groups is 1. The second-order valence-corrected chi connectivity index (χ2v) is 5.56. The zero-order valence-corrected chi connectivity index (χ0v) is 13.1. The molecule has 3 heteroatoms. The number of Topliss-reactive ketones (excluding diaryl/α,β-unsaturated/α-hetero) is 1. The highest BCUT2D eigenvalue weighted by molar-refractivity contribution is 6.10. The van der Waals surface area contributed by atoms with E-state index in [1.807, 2.05) is 32.0 Å². The first-order valence-corrected chi connectivity index (χ1v) is 7.47. The molecule has 1 aromatic heterocycles. The van der Waals surface area contributed by atoms with Crippen LogP contribution in [-0.4, -0.2) is 15.5 Å². The fraction of sp³-hybridized carbons (Fsp3) is 0.211. The standard InChI is InChI=1S/C19H19NO2/c1-4-18(22)19-13(3)20(16-8-6-5-7-12(16)2)17-10-9-14(21)11-15(17)19/h5-11,21H,4H2,1-3H3. The van der Waals surface area contributed by atoms with Crippen LogP contribution in [0.2, 0.25) is 0 Å². The number of nitrogens with zero attached hydrogens (tertiary/aromatic N) is 1. The van der Waals surface area contributed by atoms with Crippen molar-refractivity contribution >= 4 is 16.7 Å². The lowest BCUT2D eigenvalue weighted by molar-refractivity contribution is 0.0989. The summed E-state index contributed by atoms with van der Waals surface area (Å²) in [5.41, 5.74) is 4.77. The Morgan fingerprint density at radius 3 is 2.55 bits per heavy atom. The van der Waals surface area contributed by atoms with Crippen molar-refractivity contribution < 1.29 is 9.90 Å². The molecule has 3 aromatic rings. The van der Waals surface area contributed by atoms with Gasteiger partial charge in [0.25, 0.3) is 0 Å². The van der Waals surface area contributed by atoms with E-state index in [0.717, 1.165) is 27.8 Å². The number of phenols is 1. The van der Waals surface area contributed by atoms with Crippen LogP contribution in [0, 0.1) is 13.8 Å². The normalized spacial score (nSPS) is 11.0. The number of aromatic nitrogens is 1. The molecule has 0 spiro atoms. The number of rotatable bonds is 3. The fourth-order valence-electron chi connectivity index (χ4n) is 3.06. The van der Waals surface area contributed by atoms with Crippen LogP contribution in [-0.2, 0) is 0 Å². The molecule has 2 aromatic carbocycles. The van der Waals surface area contributed by atoms with Gasteiger partial charge in [0.2, 0.25) is 0 Å². The highest BCUT2D eigenvalue weighted by atomic mass is 16.3. The lowest BCUT2D eigenvalue weighted by Crippen LogP contribution is -2.02. The van der Waals surface area contributed by atoms with Gasteiger partial charge in [0, 0.05) is 28.8 Å². The number of ketones is 1. The van der Waals surface area contributed by atoms with Crippen LogP contribution in [0.4, 0.5) is 0 Å². The molecule has 22 heavy (non-hydrogen) atoms. The number of carbonyl (C=O) groups is 1. The maximum atomic E-state index is 12.4. The van der Waals surface area contributed by atoms with Crippen LogP contribution in [0.1, 0.15) is 35.0 Å². The highest BCUT2D eigenvalue weighted by Crippen LogP contribution is 2.33. The number of hydrogen-bond acceptors (Lipinski definition) is 2. The highest BCUT2D eigenvalue weighted by Gasteiger charge is 2.20. The Hall–Kier alpha value is -2.55. The molecule has 0 aliphatic heterocycles. The van der Waals surface area contributed by atoms with E-state index in [9.17, 15) is 9.90 Å². The Morgan fingerprint density at radius 2 is 1.86 bits per heavy atom. The summed E-state index contributed by atoms with van der Waals surface area (Å²) in [6, 6.07) is 13.3. The molecule has 0 aliphatic rings. The number of phenolic OH excluding ortho intramolecular Hbond substituents is 1. The molecule has 0 radical (unpaired) electrons. The lowest BCUT2D eigenvalue weighted by atomic mass is 10.1. The van der Waals surface area contributed by atoms with Gasteiger partial charge in [-0.05, 0) is 43.7 Å². The van der Waals surface area contributed by atoms with Crippen LogP contribution < -0.4 is 0 Å². The molecule has 0 aliphatic carbocycles. The molecular weight excluding hydrogens is 274 g/mol. The first-order chi connectivity index (χ1) is 10.5. The molecule has 0 saturated carbocycles. The third-order valence-electron chi connectivity index (χ3n) is 4.14. The summed E-state index contributed by atoms with van der Waals surface area (Å²) < 4.78 is 2.10. The van der Waals surface area contributed by atoms with Crippen molar-refractivity contribution in [2.75, 3.05) is 0 Å². The molecule has 0 atom stereocenters. The number of fused-ring (bicyclic) bond motifs is 1. The van der Waals surface area contributed by atoms with E-state index in [1.165, 1.54) is 0 Å². The van der Waals surface area contributed by atoms with E-state index in [1.54, 1.807) is 12.1 Å². The van der Waals surface area contributed by atoms with Gasteiger partial charge in [-0.25, -0.2) is 0 Å². The maximum Gasteiger partial charge on any atom is 0.165 e. The van der Waals surface area contributed by atoms with E-state index in [-0.39, 0.29) is 11.5 Å². The van der Waals surface area contributed by atoms with Crippen molar-refractivity contribution in [1.82, 2.24) is 4.57 Å². The number of benzene rings is 2. The van der Waals surface area contributed by atoms with Crippen LogP contribution >= 0.6 is 0 Å². The Labute approximate surface area is 129 Å². The van der Waals surface area contributed by atoms with Crippen molar-refractivity contribution in [3.05, 3.63) is 59.3 Å². The molecule has 112 valence electrons. The molecule has 0 amide bonds. The number of aryl methyl sites for hydroxylation is 1. The summed E-state index contributed by atoms with van der Waals surface area (Å²) in [5.74, 6) is 0.278. The van der Waals surface area contributed by atoms with Gasteiger partial charge < -0.3 is 9.67 Å². The van der Waals surface area contributed by atoms with Gasteiger partial charge in [0.1, 0.15) is 5.75 Å². The van der Waals surface area contributed by atoms with Gasteiger partial charge >= 0.3 is 0 Å². The molecule has 0 fully saturated rings. The molecule has 0 bridgehead atoms. The van der Waals surface area contributed by atoms with Crippen molar-refractivity contribution in [2.45, 2.75) is 27.2 Å². The summed E-state index contributed by atoms with van der Waals surface area (Å²) in [5, 5.41) is 10.6. The number of hydrogen-bond donors (Lipinski definition) is 1. The van der Waals surface area contributed by atoms with Gasteiger partial charge in [0.05, 0.1) is 5.52 Å². The van der Waals surface area contributed by atoms with Gasteiger partial charge in [-0.3, -0.25) is 4.79 Å². The first kappa shape index (κ1) is 14.4. The van der Waals surface area contributed by atoms with Crippen LogP contribution in [0.5, 0.6) is 5.75 Å². The van der Waals surface area contributed by atoms with E-state index in [2.05, 4.69) is 23.6 Å². The van der Waals surface area contributed by atoms with Crippen molar-refractivity contribution in [3.8, 4) is 11.4 Å². The molecular formula is C19H19NO2. The molecule has 0 saturated heterocycles. The zero-order valence-electron chi connectivity index (χ0n) is 13.1. The monoisotopic (exact) mass is 293 g/mol. The van der Waals surface area contributed by atoms with E-state index >= 15 is 0 Å². The number of carbonyl (C=O) groups excluding carboxylic acids is 1. The first-order valence-electron chi connectivity index (χ1n) is 7.47. The van der Waals surface area contributed by atoms with Gasteiger partial charge in [0.15, 0.2) is 5.78 Å². The Balaban J connectivity index is 2.44. The summed E-state index contributed by atoms with van der Waals surface area (Å²) in [6.07, 6.45) is 0.448. The maximum absolute atomic E-state index is 12.4. The summed E-state index contributed by atoms with van der Waals surface area (Å²) >= 11 is 0. The SMILES string of the molecule is CCC(=O)c1c(C)n(-c2ccccc2C)c2ccc(O)cc12. The van der Waals surface area contributed by atoms with Crippen molar-refractivity contribution in [2.24, 2.45) is 0 Å². The largest absolute Gasteiger partial charge is 0.508 e. The molecule has 3 rings (SSSR count). The van der Waals surface area contributed by atoms with E-state index in [4.69, 9.17) is 0 Å². The third-order valence-corrected chi connectivity index (χ3v) is 4.14. The molecule has 3 nitrogen and oxygen atoms in total. The molecule has 1 N–H and O–H groups in total. The average Bonchev–Trinajstić information content (AvgIpc) is 2.78. The smallest absolute Gasteiger partial charge is 0.165 e. The Bertz CT molecular complexity index is 875. The van der Waals surface area contributed by atoms with Crippen LogP contribution in [0.25, 0.3) is 16.6 Å². The van der Waals surface area contributed by atoms with Crippen LogP contribution in [0.3, 0.4) is 0 Å². The minimum atomic E-state index is 0.0976. The Kier molecular flexibility index (Phi) is 3.49. The lowest BCUT2D eigenvalue weighted by Gasteiger charge is -2.11. The predicted octanol–water partition coefficient (Wildman–Crippen LogP) is 4.55. The van der Waals surface area contributed by atoms with Crippen molar-refractivity contribution in [1.29, 1.82) is 0 Å². The summed E-state index contributed by atoms with van der Waals surface area (Å²) in [4.78, 5) is 12.4. The average molecular weight is 293 g/mol. The van der Waals surface area contributed by atoms with Crippen molar-refractivity contribution in [3.63, 3.8) is 0 Å². The summed E-state index contributed by atoms with van der Waals surface area (Å²) in [6.45, 7) is 5.89. The minimum Gasteiger partial charge on any atom is -0.508 e. The topological polar surface area (TPSA) is 42.2 Å². The van der Waals surface area contributed by atoms with Gasteiger partial charge in [-0.1, -0.05) is 25.1 Å². The Morgan fingerprint density at radius 1 is 1.14 bits per heavy atom.